The molecule has 2 aromatic rings. The van der Waals surface area contributed by atoms with Gasteiger partial charge in [0.1, 0.15) is 0 Å². The quantitative estimate of drug-likeness (QED) is 0.809. The second kappa shape index (κ2) is 2.75. The van der Waals surface area contributed by atoms with E-state index in [0.29, 0.717) is 0 Å². The van der Waals surface area contributed by atoms with Crippen LogP contribution in [0.5, 0.6) is 0 Å². The molecule has 0 spiro atoms. The summed E-state index contributed by atoms with van der Waals surface area (Å²) in [7, 11) is 2.06. The first-order chi connectivity index (χ1) is 7.18. The summed E-state index contributed by atoms with van der Waals surface area (Å²) < 4.78 is 2.12. The maximum atomic E-state index is 4.59. The summed E-state index contributed by atoms with van der Waals surface area (Å²) in [4.78, 5) is 4.59. The second-order valence-corrected chi connectivity index (χ2v) is 4.67. The SMILES string of the molecule is Cn1c(NC2(C)CC2)nc2ccccc21. The fourth-order valence-electron chi connectivity index (χ4n) is 1.84. The molecule has 1 aliphatic carbocycles. The van der Waals surface area contributed by atoms with E-state index in [1.54, 1.807) is 0 Å². The highest BCUT2D eigenvalue weighted by Gasteiger charge is 2.38. The highest BCUT2D eigenvalue weighted by Crippen LogP contribution is 2.38. The third-order valence-corrected chi connectivity index (χ3v) is 3.20. The summed E-state index contributed by atoms with van der Waals surface area (Å²) >= 11 is 0. The van der Waals surface area contributed by atoms with E-state index < -0.39 is 0 Å². The van der Waals surface area contributed by atoms with Gasteiger partial charge in [-0.2, -0.15) is 0 Å². The number of hydrogen-bond donors (Lipinski definition) is 1. The smallest absolute Gasteiger partial charge is 0.204 e. The zero-order valence-corrected chi connectivity index (χ0v) is 9.12. The molecule has 1 heterocycles. The van der Waals surface area contributed by atoms with Gasteiger partial charge in [-0.1, -0.05) is 12.1 Å². The van der Waals surface area contributed by atoms with Crippen LogP contribution in [0.1, 0.15) is 19.8 Å². The van der Waals surface area contributed by atoms with Crippen molar-refractivity contribution in [3.8, 4) is 0 Å². The van der Waals surface area contributed by atoms with Gasteiger partial charge < -0.3 is 9.88 Å². The normalized spacial score (nSPS) is 18.0. The summed E-state index contributed by atoms with van der Waals surface area (Å²) in [6, 6.07) is 8.23. The van der Waals surface area contributed by atoms with Crippen LogP contribution >= 0.6 is 0 Å². The molecule has 0 aliphatic heterocycles. The van der Waals surface area contributed by atoms with E-state index in [-0.39, 0.29) is 5.54 Å². The van der Waals surface area contributed by atoms with Gasteiger partial charge in [0.05, 0.1) is 11.0 Å². The lowest BCUT2D eigenvalue weighted by atomic mass is 10.3. The Labute approximate surface area is 89.1 Å². The van der Waals surface area contributed by atoms with E-state index in [0.717, 1.165) is 11.5 Å². The first-order valence-electron chi connectivity index (χ1n) is 5.38. The fourth-order valence-corrected chi connectivity index (χ4v) is 1.84. The number of benzene rings is 1. The van der Waals surface area contributed by atoms with Gasteiger partial charge in [-0.15, -0.1) is 0 Å². The number of nitrogens with one attached hydrogen (secondary N) is 1. The standard InChI is InChI=1S/C12H15N3/c1-12(7-8-12)14-11-13-9-5-3-4-6-10(9)15(11)2/h3-6H,7-8H2,1-2H3,(H,13,14). The zero-order valence-electron chi connectivity index (χ0n) is 9.12. The highest BCUT2D eigenvalue weighted by atomic mass is 15.2. The first-order valence-corrected chi connectivity index (χ1v) is 5.38. The van der Waals surface area contributed by atoms with Gasteiger partial charge in [-0.05, 0) is 31.9 Å². The molecular weight excluding hydrogens is 186 g/mol. The Balaban J connectivity index is 2.07. The molecule has 15 heavy (non-hydrogen) atoms. The van der Waals surface area contributed by atoms with E-state index in [4.69, 9.17) is 0 Å². The number of nitrogens with zero attached hydrogens (tertiary/aromatic N) is 2. The summed E-state index contributed by atoms with van der Waals surface area (Å²) in [6.45, 7) is 2.24. The lowest BCUT2D eigenvalue weighted by Gasteiger charge is -2.11. The van der Waals surface area contributed by atoms with Gasteiger partial charge in [0.15, 0.2) is 0 Å². The Bertz CT molecular complexity index is 509. The molecule has 3 rings (SSSR count). The number of aryl methyl sites for hydroxylation is 1. The summed E-state index contributed by atoms with van der Waals surface area (Å²) in [5.41, 5.74) is 2.53. The van der Waals surface area contributed by atoms with E-state index in [9.17, 15) is 0 Å². The summed E-state index contributed by atoms with van der Waals surface area (Å²) in [5, 5.41) is 3.50. The summed E-state index contributed by atoms with van der Waals surface area (Å²) in [6.07, 6.45) is 2.49. The zero-order chi connectivity index (χ0) is 10.5. The fraction of sp³-hybridized carbons (Fsp3) is 0.417. The van der Waals surface area contributed by atoms with Crippen LogP contribution in [0.15, 0.2) is 24.3 Å². The number of hydrogen-bond acceptors (Lipinski definition) is 2. The van der Waals surface area contributed by atoms with Crippen LogP contribution in [0.4, 0.5) is 5.95 Å². The van der Waals surface area contributed by atoms with Crippen LogP contribution in [0.3, 0.4) is 0 Å². The third kappa shape index (κ3) is 1.39. The summed E-state index contributed by atoms with van der Waals surface area (Å²) in [5.74, 6) is 0.983. The predicted octanol–water partition coefficient (Wildman–Crippen LogP) is 2.54. The van der Waals surface area contributed by atoms with Crippen molar-refractivity contribution in [2.75, 3.05) is 5.32 Å². The Morgan fingerprint density at radius 3 is 2.73 bits per heavy atom. The largest absolute Gasteiger partial charge is 0.350 e. The van der Waals surface area contributed by atoms with E-state index in [1.807, 2.05) is 12.1 Å². The van der Waals surface area contributed by atoms with Crippen molar-refractivity contribution in [1.82, 2.24) is 9.55 Å². The number of rotatable bonds is 2. The van der Waals surface area contributed by atoms with E-state index >= 15 is 0 Å². The lowest BCUT2D eigenvalue weighted by Crippen LogP contribution is -2.18. The van der Waals surface area contributed by atoms with Gasteiger partial charge in [-0.25, -0.2) is 4.98 Å². The van der Waals surface area contributed by atoms with Crippen molar-refractivity contribution in [3.05, 3.63) is 24.3 Å². The molecule has 0 radical (unpaired) electrons. The molecule has 1 N–H and O–H groups in total. The number of imidazole rings is 1. The molecule has 0 amide bonds. The number of fused-ring (bicyclic) bond motifs is 1. The Morgan fingerprint density at radius 1 is 1.33 bits per heavy atom. The molecular formula is C12H15N3. The lowest BCUT2D eigenvalue weighted by molar-refractivity contribution is 0.791. The third-order valence-electron chi connectivity index (χ3n) is 3.20. The Hall–Kier alpha value is -1.51. The maximum absolute atomic E-state index is 4.59. The number of para-hydroxylation sites is 2. The molecule has 0 bridgehead atoms. The minimum Gasteiger partial charge on any atom is -0.350 e. The first kappa shape index (κ1) is 8.77. The van der Waals surface area contributed by atoms with Crippen LogP contribution in [0, 0.1) is 0 Å². The minimum atomic E-state index is 0.287. The van der Waals surface area contributed by atoms with Crippen molar-refractivity contribution in [2.24, 2.45) is 7.05 Å². The van der Waals surface area contributed by atoms with Crippen LogP contribution in [-0.2, 0) is 7.05 Å². The molecule has 1 saturated carbocycles. The molecule has 3 heteroatoms. The van der Waals surface area contributed by atoms with Gasteiger partial charge in [-0.3, -0.25) is 0 Å². The average molecular weight is 201 g/mol. The monoisotopic (exact) mass is 201 g/mol. The predicted molar refractivity (Wildman–Crippen MR) is 62.0 cm³/mol. The highest BCUT2D eigenvalue weighted by molar-refractivity contribution is 5.78. The van der Waals surface area contributed by atoms with Crippen molar-refractivity contribution in [2.45, 2.75) is 25.3 Å². The molecule has 0 saturated heterocycles. The van der Waals surface area contributed by atoms with Crippen molar-refractivity contribution in [3.63, 3.8) is 0 Å². The van der Waals surface area contributed by atoms with Crippen LogP contribution in [0.2, 0.25) is 0 Å². The van der Waals surface area contributed by atoms with Gasteiger partial charge in [0.25, 0.3) is 0 Å². The molecule has 3 nitrogen and oxygen atoms in total. The van der Waals surface area contributed by atoms with Crippen LogP contribution in [-0.4, -0.2) is 15.1 Å². The van der Waals surface area contributed by atoms with Crippen molar-refractivity contribution in [1.29, 1.82) is 0 Å². The maximum Gasteiger partial charge on any atom is 0.204 e. The molecule has 1 aromatic carbocycles. The van der Waals surface area contributed by atoms with Gasteiger partial charge >= 0.3 is 0 Å². The van der Waals surface area contributed by atoms with Crippen LogP contribution < -0.4 is 5.32 Å². The van der Waals surface area contributed by atoms with Crippen LogP contribution in [0.25, 0.3) is 11.0 Å². The molecule has 1 aliphatic rings. The number of anilines is 1. The van der Waals surface area contributed by atoms with E-state index in [2.05, 4.69) is 41.0 Å². The molecule has 1 aromatic heterocycles. The Kier molecular flexibility index (Phi) is 1.61. The molecule has 0 unspecified atom stereocenters. The Morgan fingerprint density at radius 2 is 2.07 bits per heavy atom. The van der Waals surface area contributed by atoms with Crippen molar-refractivity contribution >= 4 is 17.0 Å². The van der Waals surface area contributed by atoms with Gasteiger partial charge in [0.2, 0.25) is 5.95 Å². The van der Waals surface area contributed by atoms with E-state index in [1.165, 1.54) is 18.4 Å². The number of aromatic nitrogens is 2. The van der Waals surface area contributed by atoms with Gasteiger partial charge in [0, 0.05) is 12.6 Å². The molecule has 0 atom stereocenters. The molecule has 1 fully saturated rings. The second-order valence-electron chi connectivity index (χ2n) is 4.67. The topological polar surface area (TPSA) is 29.9 Å². The average Bonchev–Trinajstić information content (AvgIpc) is 2.87. The minimum absolute atomic E-state index is 0.287. The molecule has 78 valence electrons. The van der Waals surface area contributed by atoms with Crippen molar-refractivity contribution < 1.29 is 0 Å².